The van der Waals surface area contributed by atoms with Crippen molar-refractivity contribution >= 4 is 21.7 Å². The summed E-state index contributed by atoms with van der Waals surface area (Å²) in [4.78, 5) is 12.6. The summed E-state index contributed by atoms with van der Waals surface area (Å²) in [6.07, 6.45) is 0. The van der Waals surface area contributed by atoms with Gasteiger partial charge in [-0.1, -0.05) is 76.6 Å². The van der Waals surface area contributed by atoms with Crippen molar-refractivity contribution in [3.8, 4) is 11.1 Å². The third-order valence-corrected chi connectivity index (χ3v) is 4.04. The molecule has 0 N–H and O–H groups in total. The Hall–Kier alpha value is -2.19. The Labute approximate surface area is 132 Å². The lowest BCUT2D eigenvalue weighted by Crippen LogP contribution is -2.02. The van der Waals surface area contributed by atoms with E-state index in [-0.39, 0.29) is 5.78 Å². The second-order valence-corrected chi connectivity index (χ2v) is 5.61. The summed E-state index contributed by atoms with van der Waals surface area (Å²) in [5, 5.41) is 0. The summed E-state index contributed by atoms with van der Waals surface area (Å²) in [6.45, 7) is 0. The monoisotopic (exact) mass is 336 g/mol. The van der Waals surface area contributed by atoms with E-state index in [2.05, 4.69) is 15.9 Å². The number of carbonyl (C=O) groups is 1. The van der Waals surface area contributed by atoms with E-state index in [1.165, 1.54) is 0 Å². The average Bonchev–Trinajstić information content (AvgIpc) is 2.56. The Kier molecular flexibility index (Phi) is 3.98. The van der Waals surface area contributed by atoms with Gasteiger partial charge in [-0.3, -0.25) is 4.79 Å². The fourth-order valence-corrected chi connectivity index (χ4v) is 2.74. The highest BCUT2D eigenvalue weighted by Crippen LogP contribution is 2.24. The van der Waals surface area contributed by atoms with E-state index in [0.717, 1.165) is 15.6 Å². The van der Waals surface area contributed by atoms with Gasteiger partial charge in [0.2, 0.25) is 0 Å². The molecule has 1 nitrogen and oxygen atoms in total. The lowest BCUT2D eigenvalue weighted by atomic mass is 9.98. The van der Waals surface area contributed by atoms with Gasteiger partial charge in [0.25, 0.3) is 0 Å². The maximum Gasteiger partial charge on any atom is 0.194 e. The van der Waals surface area contributed by atoms with Crippen molar-refractivity contribution in [1.82, 2.24) is 0 Å². The van der Waals surface area contributed by atoms with Crippen molar-refractivity contribution in [1.29, 1.82) is 0 Å². The van der Waals surface area contributed by atoms with Gasteiger partial charge in [0.05, 0.1) is 0 Å². The largest absolute Gasteiger partial charge is 0.289 e. The highest BCUT2D eigenvalue weighted by atomic mass is 79.9. The van der Waals surface area contributed by atoms with Crippen LogP contribution in [0.25, 0.3) is 11.1 Å². The minimum Gasteiger partial charge on any atom is -0.289 e. The van der Waals surface area contributed by atoms with E-state index in [4.69, 9.17) is 0 Å². The molecule has 0 heterocycles. The highest BCUT2D eigenvalue weighted by molar-refractivity contribution is 9.10. The molecule has 0 fully saturated rings. The van der Waals surface area contributed by atoms with Crippen molar-refractivity contribution in [3.05, 3.63) is 94.5 Å². The Bertz CT molecular complexity index is 778. The van der Waals surface area contributed by atoms with Crippen LogP contribution in [0.1, 0.15) is 15.9 Å². The fraction of sp³-hybridized carbons (Fsp3) is 0. The third kappa shape index (κ3) is 2.96. The second-order valence-electron chi connectivity index (χ2n) is 4.76. The van der Waals surface area contributed by atoms with Crippen LogP contribution in [0.15, 0.2) is 83.3 Å². The number of hydrogen-bond acceptors (Lipinski definition) is 1. The predicted octanol–water partition coefficient (Wildman–Crippen LogP) is 5.35. The standard InChI is InChI=1S/C19H13BrO/c20-18-12-5-4-11-17(18)19(21)16-10-6-9-15(13-16)14-7-2-1-3-8-14/h1-13H. The first-order valence-corrected chi connectivity index (χ1v) is 7.50. The summed E-state index contributed by atoms with van der Waals surface area (Å²) < 4.78 is 0.820. The normalized spacial score (nSPS) is 10.3. The van der Waals surface area contributed by atoms with Crippen LogP contribution in [-0.2, 0) is 0 Å². The molecule has 0 aliphatic heterocycles. The van der Waals surface area contributed by atoms with Gasteiger partial charge in [-0.25, -0.2) is 0 Å². The van der Waals surface area contributed by atoms with Crippen molar-refractivity contribution in [2.45, 2.75) is 0 Å². The van der Waals surface area contributed by atoms with Gasteiger partial charge in [-0.05, 0) is 29.3 Å². The molecule has 0 saturated carbocycles. The molecule has 3 aromatic carbocycles. The van der Waals surface area contributed by atoms with E-state index < -0.39 is 0 Å². The average molecular weight is 337 g/mol. The lowest BCUT2D eigenvalue weighted by molar-refractivity contribution is 0.103. The first-order chi connectivity index (χ1) is 10.3. The molecule has 102 valence electrons. The molecule has 0 saturated heterocycles. The second kappa shape index (κ2) is 6.06. The smallest absolute Gasteiger partial charge is 0.194 e. The summed E-state index contributed by atoms with van der Waals surface area (Å²) in [7, 11) is 0. The maximum atomic E-state index is 12.6. The summed E-state index contributed by atoms with van der Waals surface area (Å²) in [5.41, 5.74) is 3.54. The highest BCUT2D eigenvalue weighted by Gasteiger charge is 2.12. The van der Waals surface area contributed by atoms with E-state index in [9.17, 15) is 4.79 Å². The minimum atomic E-state index is 0.0280. The first kappa shape index (κ1) is 13.8. The lowest BCUT2D eigenvalue weighted by Gasteiger charge is -2.06. The zero-order chi connectivity index (χ0) is 14.7. The number of hydrogen-bond donors (Lipinski definition) is 0. The first-order valence-electron chi connectivity index (χ1n) is 6.70. The molecule has 0 amide bonds. The van der Waals surface area contributed by atoms with Crippen LogP contribution in [0.2, 0.25) is 0 Å². The number of benzene rings is 3. The van der Waals surface area contributed by atoms with Crippen molar-refractivity contribution in [3.63, 3.8) is 0 Å². The van der Waals surface area contributed by atoms with E-state index >= 15 is 0 Å². The maximum absolute atomic E-state index is 12.6. The van der Waals surface area contributed by atoms with Crippen molar-refractivity contribution in [2.24, 2.45) is 0 Å². The van der Waals surface area contributed by atoms with Gasteiger partial charge < -0.3 is 0 Å². The van der Waals surface area contributed by atoms with Gasteiger partial charge in [-0.15, -0.1) is 0 Å². The molecule has 0 aliphatic rings. The number of rotatable bonds is 3. The summed E-state index contributed by atoms with van der Waals surface area (Å²) in [6, 6.07) is 25.3. The molecule has 3 aromatic rings. The SMILES string of the molecule is O=C(c1cccc(-c2ccccc2)c1)c1ccccc1Br. The van der Waals surface area contributed by atoms with Crippen LogP contribution in [0.4, 0.5) is 0 Å². The number of carbonyl (C=O) groups excluding carboxylic acids is 1. The Balaban J connectivity index is 2.01. The molecule has 2 heteroatoms. The number of ketones is 1. The van der Waals surface area contributed by atoms with Crippen LogP contribution in [0.3, 0.4) is 0 Å². The number of halogens is 1. The van der Waals surface area contributed by atoms with Gasteiger partial charge >= 0.3 is 0 Å². The molecule has 0 unspecified atom stereocenters. The van der Waals surface area contributed by atoms with Crippen molar-refractivity contribution < 1.29 is 4.79 Å². The van der Waals surface area contributed by atoms with Crippen LogP contribution < -0.4 is 0 Å². The molecular weight excluding hydrogens is 324 g/mol. The van der Waals surface area contributed by atoms with E-state index in [0.29, 0.717) is 11.1 Å². The predicted molar refractivity (Wildman–Crippen MR) is 89.5 cm³/mol. The molecule has 0 atom stereocenters. The van der Waals surface area contributed by atoms with Crippen LogP contribution in [0.5, 0.6) is 0 Å². The Morgan fingerprint density at radius 1 is 0.714 bits per heavy atom. The van der Waals surface area contributed by atoms with Crippen molar-refractivity contribution in [2.75, 3.05) is 0 Å². The van der Waals surface area contributed by atoms with E-state index in [1.54, 1.807) is 0 Å². The molecule has 0 bridgehead atoms. The topological polar surface area (TPSA) is 17.1 Å². The summed E-state index contributed by atoms with van der Waals surface area (Å²) >= 11 is 3.44. The Morgan fingerprint density at radius 2 is 1.38 bits per heavy atom. The zero-order valence-electron chi connectivity index (χ0n) is 11.3. The molecule has 0 aromatic heterocycles. The molecule has 21 heavy (non-hydrogen) atoms. The van der Waals surface area contributed by atoms with Gasteiger partial charge in [0.1, 0.15) is 0 Å². The summed E-state index contributed by atoms with van der Waals surface area (Å²) in [5.74, 6) is 0.0280. The van der Waals surface area contributed by atoms with Gasteiger partial charge in [0, 0.05) is 15.6 Å². The van der Waals surface area contributed by atoms with Crippen LogP contribution in [-0.4, -0.2) is 5.78 Å². The van der Waals surface area contributed by atoms with Crippen LogP contribution >= 0.6 is 15.9 Å². The molecule has 0 aliphatic carbocycles. The van der Waals surface area contributed by atoms with Gasteiger partial charge in [-0.2, -0.15) is 0 Å². The molecule has 3 rings (SSSR count). The molecule has 0 spiro atoms. The Morgan fingerprint density at radius 3 is 2.14 bits per heavy atom. The van der Waals surface area contributed by atoms with E-state index in [1.807, 2.05) is 78.9 Å². The van der Waals surface area contributed by atoms with Crippen LogP contribution in [0, 0.1) is 0 Å². The minimum absolute atomic E-state index is 0.0280. The molecular formula is C19H13BrO. The molecule has 0 radical (unpaired) electrons. The van der Waals surface area contributed by atoms with Gasteiger partial charge in [0.15, 0.2) is 5.78 Å². The zero-order valence-corrected chi connectivity index (χ0v) is 12.9. The quantitative estimate of drug-likeness (QED) is 0.589. The fourth-order valence-electron chi connectivity index (χ4n) is 2.27. The third-order valence-electron chi connectivity index (χ3n) is 3.35.